The molecule has 0 radical (unpaired) electrons. The predicted molar refractivity (Wildman–Crippen MR) is 131 cm³/mol. The van der Waals surface area contributed by atoms with Crippen molar-refractivity contribution in [2.45, 2.75) is 46.2 Å². The summed E-state index contributed by atoms with van der Waals surface area (Å²) in [5.41, 5.74) is 5.65. The van der Waals surface area contributed by atoms with E-state index in [1.807, 2.05) is 38.4 Å². The van der Waals surface area contributed by atoms with Gasteiger partial charge in [-0.15, -0.1) is 0 Å². The summed E-state index contributed by atoms with van der Waals surface area (Å²) in [7, 11) is 0. The third-order valence-electron chi connectivity index (χ3n) is 6.08. The monoisotopic (exact) mass is 446 g/mol. The Kier molecular flexibility index (Phi) is 6.84. The Morgan fingerprint density at radius 1 is 1.06 bits per heavy atom. The van der Waals surface area contributed by atoms with Crippen molar-refractivity contribution in [2.75, 3.05) is 23.7 Å². The number of nitro groups is 1. The van der Waals surface area contributed by atoms with Gasteiger partial charge in [-0.25, -0.2) is 4.98 Å². The molecule has 8 heteroatoms. The first-order valence-corrected chi connectivity index (χ1v) is 11.3. The SMILES string of the molecule is Cc1cc(C)c(Nc2ccc([N+](=O)[O-])c(NC3CCN(Cc4ccncc4)CC3)n2)c(C)c1. The molecule has 3 aromatic rings. The van der Waals surface area contributed by atoms with Crippen molar-refractivity contribution < 1.29 is 4.92 Å². The Balaban J connectivity index is 1.45. The molecule has 2 N–H and O–H groups in total. The van der Waals surface area contributed by atoms with E-state index < -0.39 is 0 Å². The van der Waals surface area contributed by atoms with Crippen LogP contribution < -0.4 is 10.6 Å². The maximum atomic E-state index is 11.6. The second-order valence-electron chi connectivity index (χ2n) is 8.77. The number of hydrogen-bond donors (Lipinski definition) is 2. The fraction of sp³-hybridized carbons (Fsp3) is 0.360. The maximum absolute atomic E-state index is 11.6. The van der Waals surface area contributed by atoms with Crippen LogP contribution in [0.5, 0.6) is 0 Å². The van der Waals surface area contributed by atoms with Gasteiger partial charge in [0.15, 0.2) is 0 Å². The number of nitrogens with one attached hydrogen (secondary N) is 2. The second kappa shape index (κ2) is 9.95. The van der Waals surface area contributed by atoms with Gasteiger partial charge in [-0.1, -0.05) is 17.7 Å². The lowest BCUT2D eigenvalue weighted by atomic mass is 10.0. The van der Waals surface area contributed by atoms with Crippen molar-refractivity contribution in [1.29, 1.82) is 0 Å². The minimum atomic E-state index is -0.375. The Morgan fingerprint density at radius 2 is 1.73 bits per heavy atom. The summed E-state index contributed by atoms with van der Waals surface area (Å²) in [4.78, 5) is 22.3. The van der Waals surface area contributed by atoms with Gasteiger partial charge in [-0.2, -0.15) is 0 Å². The minimum absolute atomic E-state index is 0.00267. The van der Waals surface area contributed by atoms with Crippen LogP contribution in [0.3, 0.4) is 0 Å². The Morgan fingerprint density at radius 3 is 2.36 bits per heavy atom. The molecular formula is C25H30N6O2. The molecule has 0 amide bonds. The van der Waals surface area contributed by atoms with Crippen LogP contribution in [-0.2, 0) is 6.54 Å². The number of pyridine rings is 2. The number of hydrogen-bond acceptors (Lipinski definition) is 7. The van der Waals surface area contributed by atoms with Gasteiger partial charge in [0.2, 0.25) is 5.82 Å². The molecule has 172 valence electrons. The number of anilines is 3. The summed E-state index contributed by atoms with van der Waals surface area (Å²) in [6.45, 7) is 8.90. The predicted octanol–water partition coefficient (Wildman–Crippen LogP) is 5.13. The van der Waals surface area contributed by atoms with Crippen LogP contribution in [0.1, 0.15) is 35.1 Å². The Bertz CT molecular complexity index is 1100. The van der Waals surface area contributed by atoms with E-state index in [0.29, 0.717) is 11.6 Å². The normalized spacial score (nSPS) is 14.8. The van der Waals surface area contributed by atoms with E-state index in [4.69, 9.17) is 0 Å². The van der Waals surface area contributed by atoms with Gasteiger partial charge in [0.25, 0.3) is 0 Å². The lowest BCUT2D eigenvalue weighted by Gasteiger charge is -2.32. The van der Waals surface area contributed by atoms with E-state index >= 15 is 0 Å². The van der Waals surface area contributed by atoms with E-state index in [2.05, 4.69) is 44.6 Å². The Hall–Kier alpha value is -3.52. The third-order valence-corrected chi connectivity index (χ3v) is 6.08. The van der Waals surface area contributed by atoms with Crippen LogP contribution in [0.25, 0.3) is 0 Å². The van der Waals surface area contributed by atoms with Gasteiger partial charge in [0, 0.05) is 49.8 Å². The first-order chi connectivity index (χ1) is 15.9. The molecule has 8 nitrogen and oxygen atoms in total. The van der Waals surface area contributed by atoms with Crippen molar-refractivity contribution in [2.24, 2.45) is 0 Å². The van der Waals surface area contributed by atoms with Crippen LogP contribution in [0.15, 0.2) is 48.8 Å². The summed E-state index contributed by atoms with van der Waals surface area (Å²) >= 11 is 0. The molecule has 1 fully saturated rings. The molecule has 0 atom stereocenters. The molecule has 0 aliphatic carbocycles. The first-order valence-electron chi connectivity index (χ1n) is 11.3. The summed E-state index contributed by atoms with van der Waals surface area (Å²) < 4.78 is 0. The van der Waals surface area contributed by atoms with Crippen LogP contribution in [-0.4, -0.2) is 38.9 Å². The minimum Gasteiger partial charge on any atom is -0.361 e. The van der Waals surface area contributed by atoms with Crippen molar-refractivity contribution >= 4 is 23.0 Å². The highest BCUT2D eigenvalue weighted by molar-refractivity contribution is 5.68. The van der Waals surface area contributed by atoms with E-state index in [9.17, 15) is 10.1 Å². The van der Waals surface area contributed by atoms with Crippen molar-refractivity contribution in [3.8, 4) is 0 Å². The van der Waals surface area contributed by atoms with E-state index in [-0.39, 0.29) is 16.7 Å². The average Bonchev–Trinajstić information content (AvgIpc) is 2.78. The quantitative estimate of drug-likeness (QED) is 0.384. The van der Waals surface area contributed by atoms with Crippen molar-refractivity contribution in [3.63, 3.8) is 0 Å². The van der Waals surface area contributed by atoms with Crippen molar-refractivity contribution in [3.05, 3.63) is 81.2 Å². The number of aryl methyl sites for hydroxylation is 3. The van der Waals surface area contributed by atoms with Gasteiger partial charge in [0.1, 0.15) is 5.82 Å². The number of piperidine rings is 1. The molecule has 0 unspecified atom stereocenters. The van der Waals surface area contributed by atoms with Gasteiger partial charge < -0.3 is 10.6 Å². The summed E-state index contributed by atoms with van der Waals surface area (Å²) in [6, 6.07) is 11.6. The topological polar surface area (TPSA) is 96.2 Å². The lowest BCUT2D eigenvalue weighted by Crippen LogP contribution is -2.38. The second-order valence-corrected chi connectivity index (χ2v) is 8.77. The summed E-state index contributed by atoms with van der Waals surface area (Å²) in [5.74, 6) is 0.910. The molecular weight excluding hydrogens is 416 g/mol. The van der Waals surface area contributed by atoms with Gasteiger partial charge in [-0.3, -0.25) is 20.0 Å². The largest absolute Gasteiger partial charge is 0.361 e. The molecule has 1 aliphatic rings. The van der Waals surface area contributed by atoms with E-state index in [1.54, 1.807) is 6.07 Å². The van der Waals surface area contributed by atoms with Crippen LogP contribution in [0.2, 0.25) is 0 Å². The maximum Gasteiger partial charge on any atom is 0.311 e. The van der Waals surface area contributed by atoms with Gasteiger partial charge >= 0.3 is 5.69 Å². The van der Waals surface area contributed by atoms with Gasteiger partial charge in [0.05, 0.1) is 4.92 Å². The van der Waals surface area contributed by atoms with E-state index in [1.165, 1.54) is 17.2 Å². The fourth-order valence-corrected chi connectivity index (χ4v) is 4.46. The molecule has 0 spiro atoms. The third kappa shape index (κ3) is 5.64. The molecule has 0 bridgehead atoms. The highest BCUT2D eigenvalue weighted by atomic mass is 16.6. The molecule has 0 saturated carbocycles. The molecule has 4 rings (SSSR count). The molecule has 3 heterocycles. The molecule has 2 aromatic heterocycles. The fourth-order valence-electron chi connectivity index (χ4n) is 4.46. The molecule has 1 aliphatic heterocycles. The molecule has 1 aromatic carbocycles. The number of benzene rings is 1. The lowest BCUT2D eigenvalue weighted by molar-refractivity contribution is -0.384. The molecule has 33 heavy (non-hydrogen) atoms. The zero-order chi connectivity index (χ0) is 23.4. The zero-order valence-electron chi connectivity index (χ0n) is 19.3. The smallest absolute Gasteiger partial charge is 0.311 e. The molecule has 1 saturated heterocycles. The summed E-state index contributed by atoms with van der Waals surface area (Å²) in [5, 5.41) is 18.3. The first kappa shape index (κ1) is 22.7. The zero-order valence-corrected chi connectivity index (χ0v) is 19.3. The van der Waals surface area contributed by atoms with Crippen LogP contribution in [0, 0.1) is 30.9 Å². The van der Waals surface area contributed by atoms with Crippen LogP contribution in [0.4, 0.5) is 23.0 Å². The highest BCUT2D eigenvalue weighted by Gasteiger charge is 2.24. The highest BCUT2D eigenvalue weighted by Crippen LogP contribution is 2.30. The van der Waals surface area contributed by atoms with Gasteiger partial charge in [-0.05, 0) is 68.5 Å². The standard InChI is InChI=1S/C25H30N6O2/c1-17-14-18(2)24(19(3)15-17)28-23-5-4-22(31(32)33)25(29-23)27-21-8-12-30(13-9-21)16-20-6-10-26-11-7-20/h4-7,10-11,14-15,21H,8-9,12-13,16H2,1-3H3,(H2,27,28,29). The van der Waals surface area contributed by atoms with E-state index in [0.717, 1.165) is 49.3 Å². The number of likely N-dealkylation sites (tertiary alicyclic amines) is 1. The van der Waals surface area contributed by atoms with Crippen LogP contribution >= 0.6 is 0 Å². The number of aromatic nitrogens is 2. The average molecular weight is 447 g/mol. The summed E-state index contributed by atoms with van der Waals surface area (Å²) in [6.07, 6.45) is 5.43. The number of rotatable bonds is 7. The number of nitrogens with zero attached hydrogens (tertiary/aromatic N) is 4. The Labute approximate surface area is 194 Å². The van der Waals surface area contributed by atoms with Crippen molar-refractivity contribution in [1.82, 2.24) is 14.9 Å².